The van der Waals surface area contributed by atoms with E-state index in [2.05, 4.69) is 34.1 Å². The molecule has 1 aliphatic carbocycles. The molecule has 2 aromatic heterocycles. The van der Waals surface area contributed by atoms with E-state index in [0.717, 1.165) is 53.6 Å². The molecule has 2 heterocycles. The summed E-state index contributed by atoms with van der Waals surface area (Å²) in [5, 5.41) is 6.35. The van der Waals surface area contributed by atoms with E-state index in [1.54, 1.807) is 11.3 Å². The number of hydrogen-bond acceptors (Lipinski definition) is 3. The zero-order valence-corrected chi connectivity index (χ0v) is 17.1. The molecule has 2 aromatic rings. The van der Waals surface area contributed by atoms with Gasteiger partial charge in [-0.2, -0.15) is 0 Å². The lowest BCUT2D eigenvalue weighted by Gasteiger charge is -2.21. The van der Waals surface area contributed by atoms with Crippen LogP contribution in [0.5, 0.6) is 0 Å². The monoisotopic (exact) mass is 373 g/mol. The van der Waals surface area contributed by atoms with Crippen molar-refractivity contribution < 1.29 is 4.79 Å². The molecule has 1 amide bonds. The first kappa shape index (κ1) is 19.2. The van der Waals surface area contributed by atoms with Gasteiger partial charge < -0.3 is 9.88 Å². The van der Waals surface area contributed by atoms with Crippen molar-refractivity contribution in [1.82, 2.24) is 14.9 Å². The van der Waals surface area contributed by atoms with Gasteiger partial charge >= 0.3 is 0 Å². The van der Waals surface area contributed by atoms with Crippen molar-refractivity contribution in [2.45, 2.75) is 72.3 Å². The highest BCUT2D eigenvalue weighted by atomic mass is 32.1. The number of unbranched alkanes of at least 4 members (excludes halogenated alkanes) is 1. The van der Waals surface area contributed by atoms with Gasteiger partial charge in [0.05, 0.1) is 22.0 Å². The molecule has 1 aliphatic rings. The van der Waals surface area contributed by atoms with Gasteiger partial charge in [-0.1, -0.05) is 32.6 Å². The van der Waals surface area contributed by atoms with E-state index < -0.39 is 0 Å². The van der Waals surface area contributed by atoms with Gasteiger partial charge in [0.1, 0.15) is 0 Å². The Morgan fingerprint density at radius 3 is 2.73 bits per heavy atom. The van der Waals surface area contributed by atoms with Crippen LogP contribution in [-0.4, -0.2) is 22.0 Å². The molecule has 26 heavy (non-hydrogen) atoms. The number of thiazole rings is 1. The van der Waals surface area contributed by atoms with Gasteiger partial charge in [-0.25, -0.2) is 4.98 Å². The Bertz CT molecular complexity index is 741. The third kappa shape index (κ3) is 4.37. The zero-order chi connectivity index (χ0) is 18.5. The van der Waals surface area contributed by atoms with Gasteiger partial charge in [-0.05, 0) is 45.1 Å². The summed E-state index contributed by atoms with van der Waals surface area (Å²) in [6.45, 7) is 8.03. The van der Waals surface area contributed by atoms with E-state index in [-0.39, 0.29) is 5.91 Å². The predicted molar refractivity (Wildman–Crippen MR) is 109 cm³/mol. The van der Waals surface area contributed by atoms with Crippen LogP contribution in [0.25, 0.3) is 11.4 Å². The summed E-state index contributed by atoms with van der Waals surface area (Å²) in [7, 11) is 0. The highest BCUT2D eigenvalue weighted by Crippen LogP contribution is 2.28. The molecular weight excluding hydrogens is 342 g/mol. The zero-order valence-electron chi connectivity index (χ0n) is 16.3. The number of hydrogen-bond donors (Lipinski definition) is 1. The molecule has 142 valence electrons. The average molecular weight is 374 g/mol. The summed E-state index contributed by atoms with van der Waals surface area (Å²) in [5.41, 5.74) is 3.92. The van der Waals surface area contributed by atoms with Crippen LogP contribution in [0, 0.1) is 19.8 Å². The van der Waals surface area contributed by atoms with Crippen molar-refractivity contribution in [3.8, 4) is 11.4 Å². The number of nitrogens with zero attached hydrogens (tertiary/aromatic N) is 2. The summed E-state index contributed by atoms with van der Waals surface area (Å²) in [6, 6.07) is 2.04. The number of aromatic nitrogens is 2. The lowest BCUT2D eigenvalue weighted by Crippen LogP contribution is -2.30. The van der Waals surface area contributed by atoms with Gasteiger partial charge in [0.15, 0.2) is 0 Å². The molecule has 0 saturated heterocycles. The van der Waals surface area contributed by atoms with Gasteiger partial charge in [0.2, 0.25) is 0 Å². The molecule has 0 bridgehead atoms. The number of aryl methyl sites for hydroxylation is 1. The lowest BCUT2D eigenvalue weighted by atomic mass is 9.89. The first-order chi connectivity index (χ1) is 12.6. The van der Waals surface area contributed by atoms with Crippen LogP contribution < -0.4 is 5.32 Å². The second kappa shape index (κ2) is 8.85. The van der Waals surface area contributed by atoms with Crippen LogP contribution in [0.15, 0.2) is 11.4 Å². The predicted octanol–water partition coefficient (Wildman–Crippen LogP) is 5.34. The standard InChI is InChI=1S/C21H31N3OS/c1-4-5-11-24-15(2)18(12-20(24)19-14-26-16(3)23-19)21(25)22-13-17-9-7-6-8-10-17/h12,14,17H,4-11,13H2,1-3H3,(H,22,25). The van der Waals surface area contributed by atoms with Gasteiger partial charge in [0.25, 0.3) is 5.91 Å². The highest BCUT2D eigenvalue weighted by molar-refractivity contribution is 7.09. The van der Waals surface area contributed by atoms with Crippen LogP contribution in [-0.2, 0) is 6.54 Å². The smallest absolute Gasteiger partial charge is 0.253 e. The van der Waals surface area contributed by atoms with E-state index in [1.807, 2.05) is 13.0 Å². The fourth-order valence-electron chi connectivity index (χ4n) is 3.90. The molecule has 4 nitrogen and oxygen atoms in total. The number of rotatable bonds is 7. The Hall–Kier alpha value is -1.62. The van der Waals surface area contributed by atoms with E-state index in [1.165, 1.54) is 32.1 Å². The van der Waals surface area contributed by atoms with Crippen molar-refractivity contribution in [2.75, 3.05) is 6.54 Å². The minimum atomic E-state index is 0.0662. The van der Waals surface area contributed by atoms with Gasteiger partial charge in [-0.3, -0.25) is 4.79 Å². The first-order valence-corrected chi connectivity index (χ1v) is 10.9. The summed E-state index contributed by atoms with van der Waals surface area (Å²) in [6.07, 6.45) is 8.70. The minimum absolute atomic E-state index is 0.0662. The summed E-state index contributed by atoms with van der Waals surface area (Å²) in [4.78, 5) is 17.5. The Labute approximate surface area is 161 Å². The fraction of sp³-hybridized carbons (Fsp3) is 0.619. The van der Waals surface area contributed by atoms with E-state index in [0.29, 0.717) is 5.92 Å². The van der Waals surface area contributed by atoms with Crippen LogP contribution in [0.4, 0.5) is 0 Å². The number of carbonyl (C=O) groups excluding carboxylic acids is 1. The average Bonchev–Trinajstić information content (AvgIpc) is 3.22. The Balaban J connectivity index is 1.79. The maximum absolute atomic E-state index is 12.8. The fourth-order valence-corrected chi connectivity index (χ4v) is 4.50. The number of carbonyl (C=O) groups is 1. The quantitative estimate of drug-likeness (QED) is 0.712. The number of nitrogens with one attached hydrogen (secondary N) is 1. The molecule has 3 rings (SSSR count). The Kier molecular flexibility index (Phi) is 6.52. The van der Waals surface area contributed by atoms with E-state index >= 15 is 0 Å². The largest absolute Gasteiger partial charge is 0.352 e. The third-order valence-corrected chi connectivity index (χ3v) is 6.28. The van der Waals surface area contributed by atoms with Crippen molar-refractivity contribution in [3.05, 3.63) is 27.7 Å². The van der Waals surface area contributed by atoms with Gasteiger partial charge in [-0.15, -0.1) is 11.3 Å². The Morgan fingerprint density at radius 1 is 1.31 bits per heavy atom. The normalized spacial score (nSPS) is 15.3. The van der Waals surface area contributed by atoms with Crippen molar-refractivity contribution in [2.24, 2.45) is 5.92 Å². The molecule has 1 fully saturated rings. The molecule has 0 aromatic carbocycles. The highest BCUT2D eigenvalue weighted by Gasteiger charge is 2.21. The second-order valence-electron chi connectivity index (χ2n) is 7.50. The Morgan fingerprint density at radius 2 is 2.08 bits per heavy atom. The lowest BCUT2D eigenvalue weighted by molar-refractivity contribution is 0.0943. The van der Waals surface area contributed by atoms with Crippen LogP contribution in [0.3, 0.4) is 0 Å². The van der Waals surface area contributed by atoms with E-state index in [4.69, 9.17) is 0 Å². The summed E-state index contributed by atoms with van der Waals surface area (Å²) < 4.78 is 2.27. The SMILES string of the molecule is CCCCn1c(-c2csc(C)n2)cc(C(=O)NCC2CCCCC2)c1C. The molecule has 0 aliphatic heterocycles. The van der Waals surface area contributed by atoms with Crippen LogP contribution in [0.2, 0.25) is 0 Å². The molecule has 0 atom stereocenters. The molecule has 1 N–H and O–H groups in total. The van der Waals surface area contributed by atoms with Crippen molar-refractivity contribution in [1.29, 1.82) is 0 Å². The molecule has 5 heteroatoms. The van der Waals surface area contributed by atoms with Crippen LogP contribution >= 0.6 is 11.3 Å². The van der Waals surface area contributed by atoms with Gasteiger partial charge in [0, 0.05) is 24.2 Å². The summed E-state index contributed by atoms with van der Waals surface area (Å²) in [5.74, 6) is 0.715. The molecule has 0 unspecified atom stereocenters. The third-order valence-electron chi connectivity index (χ3n) is 5.50. The second-order valence-corrected chi connectivity index (χ2v) is 8.56. The van der Waals surface area contributed by atoms with Crippen molar-refractivity contribution in [3.63, 3.8) is 0 Å². The molecule has 0 radical (unpaired) electrons. The topological polar surface area (TPSA) is 46.9 Å². The first-order valence-electron chi connectivity index (χ1n) is 10.0. The molecule has 1 saturated carbocycles. The maximum Gasteiger partial charge on any atom is 0.253 e. The van der Waals surface area contributed by atoms with Crippen LogP contribution in [0.1, 0.15) is 72.9 Å². The van der Waals surface area contributed by atoms with Crippen molar-refractivity contribution >= 4 is 17.2 Å². The summed E-state index contributed by atoms with van der Waals surface area (Å²) >= 11 is 1.66. The number of amides is 1. The minimum Gasteiger partial charge on any atom is -0.352 e. The molecular formula is C21H31N3OS. The van der Waals surface area contributed by atoms with E-state index in [9.17, 15) is 4.79 Å². The maximum atomic E-state index is 12.8. The molecule has 0 spiro atoms.